The number of hydrogen-bond acceptors (Lipinski definition) is 5. The zero-order valence-electron chi connectivity index (χ0n) is 17.6. The van der Waals surface area contributed by atoms with Crippen LogP contribution in [0.4, 0.5) is 13.2 Å². The smallest absolute Gasteiger partial charge is 0.416 e. The third-order valence-corrected chi connectivity index (χ3v) is 5.66. The van der Waals surface area contributed by atoms with Crippen LogP contribution in [0.5, 0.6) is 11.6 Å². The minimum Gasteiger partial charge on any atom is -0.437 e. The zero-order valence-corrected chi connectivity index (χ0v) is 18.4. The molecule has 0 saturated carbocycles. The molecule has 4 rings (SSSR count). The number of halogens is 4. The number of benzene rings is 2. The van der Waals surface area contributed by atoms with E-state index in [9.17, 15) is 18.0 Å². The van der Waals surface area contributed by atoms with Crippen molar-refractivity contribution >= 4 is 17.5 Å². The van der Waals surface area contributed by atoms with Crippen LogP contribution < -0.4 is 4.74 Å². The van der Waals surface area contributed by atoms with E-state index in [1.807, 2.05) is 0 Å². The molecule has 33 heavy (non-hydrogen) atoms. The Morgan fingerprint density at radius 2 is 1.79 bits per heavy atom. The third-order valence-electron chi connectivity index (χ3n) is 5.40. The number of carbonyl (C=O) groups is 1. The fourth-order valence-corrected chi connectivity index (χ4v) is 3.58. The number of alkyl halides is 3. The second-order valence-corrected chi connectivity index (χ2v) is 8.33. The Kier molecular flexibility index (Phi) is 6.51. The first kappa shape index (κ1) is 23.0. The van der Waals surface area contributed by atoms with Crippen molar-refractivity contribution < 1.29 is 22.7 Å². The lowest BCUT2D eigenvalue weighted by Crippen LogP contribution is -2.38. The van der Waals surface area contributed by atoms with Crippen molar-refractivity contribution in [2.45, 2.75) is 25.9 Å². The highest BCUT2D eigenvalue weighted by Gasteiger charge is 2.31. The molecule has 0 bridgehead atoms. The summed E-state index contributed by atoms with van der Waals surface area (Å²) in [6.45, 7) is 3.26. The van der Waals surface area contributed by atoms with Crippen LogP contribution in [-0.4, -0.2) is 39.1 Å². The number of carbonyl (C=O) groups excluding carboxylic acids is 1. The molecule has 1 aliphatic heterocycles. The predicted octanol–water partition coefficient (Wildman–Crippen LogP) is 5.88. The molecule has 0 radical (unpaired) electrons. The highest BCUT2D eigenvalue weighted by molar-refractivity contribution is 6.30. The second kappa shape index (κ2) is 9.35. The molecular formula is C23H20ClF3N4O2. The van der Waals surface area contributed by atoms with E-state index in [0.717, 1.165) is 25.0 Å². The molecule has 2 aromatic carbocycles. The van der Waals surface area contributed by atoms with Gasteiger partial charge >= 0.3 is 6.18 Å². The molecule has 1 saturated heterocycles. The van der Waals surface area contributed by atoms with E-state index in [4.69, 9.17) is 16.3 Å². The van der Waals surface area contributed by atoms with Gasteiger partial charge in [0.2, 0.25) is 5.69 Å². The third kappa shape index (κ3) is 5.42. The number of piperidine rings is 1. The summed E-state index contributed by atoms with van der Waals surface area (Å²) in [4.78, 5) is 19.1. The quantitative estimate of drug-likeness (QED) is 0.470. The van der Waals surface area contributed by atoms with Crippen molar-refractivity contribution in [1.82, 2.24) is 20.1 Å². The maximum atomic E-state index is 13.1. The van der Waals surface area contributed by atoms with Crippen LogP contribution in [0, 0.1) is 5.92 Å². The van der Waals surface area contributed by atoms with Gasteiger partial charge in [0.1, 0.15) is 5.75 Å². The van der Waals surface area contributed by atoms with E-state index in [1.54, 1.807) is 29.2 Å². The van der Waals surface area contributed by atoms with E-state index in [1.165, 1.54) is 12.1 Å². The van der Waals surface area contributed by atoms with E-state index in [2.05, 4.69) is 22.1 Å². The molecule has 6 nitrogen and oxygen atoms in total. The average Bonchev–Trinajstić information content (AvgIpc) is 2.80. The standard InChI is InChI=1S/C23H20ClF3N4O2/c1-14-9-11-31(12-10-14)22(32)19-21(33-18-7-5-17(24)6-8-18)28-20(30-29-19)15-3-2-4-16(13-15)23(25,26)27/h2-8,13-14H,9-12H2,1H3. The Balaban J connectivity index is 1.72. The first-order valence-electron chi connectivity index (χ1n) is 10.4. The van der Waals surface area contributed by atoms with Gasteiger partial charge in [-0.15, -0.1) is 10.2 Å². The van der Waals surface area contributed by atoms with Crippen LogP contribution in [0.25, 0.3) is 11.4 Å². The lowest BCUT2D eigenvalue weighted by molar-refractivity contribution is -0.137. The van der Waals surface area contributed by atoms with Gasteiger partial charge in [-0.2, -0.15) is 18.2 Å². The van der Waals surface area contributed by atoms with E-state index < -0.39 is 11.7 Å². The summed E-state index contributed by atoms with van der Waals surface area (Å²) in [5.41, 5.74) is -0.842. The summed E-state index contributed by atoms with van der Waals surface area (Å²) < 4.78 is 45.2. The lowest BCUT2D eigenvalue weighted by Gasteiger charge is -2.30. The lowest BCUT2D eigenvalue weighted by atomic mass is 9.99. The van der Waals surface area contributed by atoms with Crippen molar-refractivity contribution in [1.29, 1.82) is 0 Å². The van der Waals surface area contributed by atoms with Crippen molar-refractivity contribution in [2.24, 2.45) is 5.92 Å². The van der Waals surface area contributed by atoms with Crippen molar-refractivity contribution in [3.63, 3.8) is 0 Å². The molecule has 1 fully saturated rings. The molecule has 10 heteroatoms. The largest absolute Gasteiger partial charge is 0.437 e. The van der Waals surface area contributed by atoms with Crippen LogP contribution in [0.3, 0.4) is 0 Å². The van der Waals surface area contributed by atoms with Crippen molar-refractivity contribution in [3.8, 4) is 23.0 Å². The van der Waals surface area contributed by atoms with E-state index in [0.29, 0.717) is 29.8 Å². The fraction of sp³-hybridized carbons (Fsp3) is 0.304. The van der Waals surface area contributed by atoms with Crippen LogP contribution in [0.1, 0.15) is 35.8 Å². The molecule has 0 atom stereocenters. The molecule has 1 aromatic heterocycles. The molecule has 0 spiro atoms. The molecule has 1 amide bonds. The Bertz CT molecular complexity index is 1150. The number of ether oxygens (including phenoxy) is 1. The summed E-state index contributed by atoms with van der Waals surface area (Å²) in [6, 6.07) is 11.0. The maximum absolute atomic E-state index is 13.1. The molecular weight excluding hydrogens is 457 g/mol. The second-order valence-electron chi connectivity index (χ2n) is 7.90. The summed E-state index contributed by atoms with van der Waals surface area (Å²) >= 11 is 5.92. The zero-order chi connectivity index (χ0) is 23.6. The van der Waals surface area contributed by atoms with Gasteiger partial charge in [0.05, 0.1) is 5.56 Å². The predicted molar refractivity (Wildman–Crippen MR) is 116 cm³/mol. The van der Waals surface area contributed by atoms with Crippen LogP contribution in [0.2, 0.25) is 5.02 Å². The highest BCUT2D eigenvalue weighted by atomic mass is 35.5. The van der Waals surface area contributed by atoms with E-state index in [-0.39, 0.29) is 28.9 Å². The van der Waals surface area contributed by atoms with Crippen molar-refractivity contribution in [3.05, 3.63) is 64.8 Å². The van der Waals surface area contributed by atoms with Gasteiger partial charge < -0.3 is 9.64 Å². The minimum absolute atomic E-state index is 0.0890. The van der Waals surface area contributed by atoms with Gasteiger partial charge in [-0.05, 0) is 55.2 Å². The number of nitrogens with zero attached hydrogens (tertiary/aromatic N) is 4. The van der Waals surface area contributed by atoms with Gasteiger partial charge in [0.15, 0.2) is 5.82 Å². The summed E-state index contributed by atoms with van der Waals surface area (Å²) in [6.07, 6.45) is -2.79. The number of aromatic nitrogens is 3. The molecule has 0 N–H and O–H groups in total. The number of likely N-dealkylation sites (tertiary alicyclic amines) is 1. The van der Waals surface area contributed by atoms with Crippen LogP contribution >= 0.6 is 11.6 Å². The first-order chi connectivity index (χ1) is 15.7. The first-order valence-corrected chi connectivity index (χ1v) is 10.7. The number of rotatable bonds is 4. The van der Waals surface area contributed by atoms with Crippen LogP contribution in [-0.2, 0) is 6.18 Å². The Labute approximate surface area is 193 Å². The molecule has 1 aliphatic rings. The Morgan fingerprint density at radius 1 is 1.09 bits per heavy atom. The van der Waals surface area contributed by atoms with Gasteiger partial charge in [0, 0.05) is 23.7 Å². The summed E-state index contributed by atoms with van der Waals surface area (Å²) in [7, 11) is 0. The monoisotopic (exact) mass is 476 g/mol. The molecule has 172 valence electrons. The van der Waals surface area contributed by atoms with E-state index >= 15 is 0 Å². The topological polar surface area (TPSA) is 68.2 Å². The summed E-state index contributed by atoms with van der Waals surface area (Å²) in [5.74, 6) is 0.251. The summed E-state index contributed by atoms with van der Waals surface area (Å²) in [5, 5.41) is 8.45. The molecule has 0 aliphatic carbocycles. The van der Waals surface area contributed by atoms with Gasteiger partial charge in [-0.3, -0.25) is 4.79 Å². The SMILES string of the molecule is CC1CCN(C(=O)c2nnc(-c3cccc(C(F)(F)F)c3)nc2Oc2ccc(Cl)cc2)CC1. The van der Waals surface area contributed by atoms with Crippen LogP contribution in [0.15, 0.2) is 48.5 Å². The minimum atomic E-state index is -4.52. The number of hydrogen-bond donors (Lipinski definition) is 0. The maximum Gasteiger partial charge on any atom is 0.416 e. The average molecular weight is 477 g/mol. The van der Waals surface area contributed by atoms with Gasteiger partial charge in [-0.1, -0.05) is 30.7 Å². The Hall–Kier alpha value is -3.20. The molecule has 0 unspecified atom stereocenters. The Morgan fingerprint density at radius 3 is 2.45 bits per heavy atom. The number of amides is 1. The molecule has 2 heterocycles. The fourth-order valence-electron chi connectivity index (χ4n) is 3.45. The van der Waals surface area contributed by atoms with Crippen molar-refractivity contribution in [2.75, 3.05) is 13.1 Å². The normalized spacial score (nSPS) is 14.9. The highest BCUT2D eigenvalue weighted by Crippen LogP contribution is 2.32. The van der Waals surface area contributed by atoms with Gasteiger partial charge in [0.25, 0.3) is 11.8 Å². The molecule has 3 aromatic rings. The van der Waals surface area contributed by atoms with Gasteiger partial charge in [-0.25, -0.2) is 0 Å².